The quantitative estimate of drug-likeness (QED) is 0.417. The number of hydrogen-bond acceptors (Lipinski definition) is 6. The van der Waals surface area contributed by atoms with Crippen LogP contribution in [0.5, 0.6) is 0 Å². The maximum Gasteiger partial charge on any atom is 0.348 e. The summed E-state index contributed by atoms with van der Waals surface area (Å²) in [6, 6.07) is 9.00. The van der Waals surface area contributed by atoms with E-state index in [0.717, 1.165) is 47.5 Å². The second kappa shape index (κ2) is 10.5. The van der Waals surface area contributed by atoms with Gasteiger partial charge in [-0.15, -0.1) is 22.7 Å². The molecule has 3 aromatic rings. The fraction of sp³-hybridized carbons (Fsp3) is 0.360. The van der Waals surface area contributed by atoms with Crippen LogP contribution in [0.1, 0.15) is 59.7 Å². The molecule has 2 N–H and O–H groups in total. The lowest BCUT2D eigenvalue weighted by Gasteiger charge is -2.30. The van der Waals surface area contributed by atoms with Crippen molar-refractivity contribution in [3.8, 4) is 10.4 Å². The van der Waals surface area contributed by atoms with Gasteiger partial charge in [-0.25, -0.2) is 9.78 Å². The number of thiazole rings is 1. The molecule has 1 saturated carbocycles. The molecule has 178 valence electrons. The lowest BCUT2D eigenvalue weighted by atomic mass is 9.82. The molecule has 0 radical (unpaired) electrons. The Morgan fingerprint density at radius 2 is 1.85 bits per heavy atom. The monoisotopic (exact) mass is 497 g/mol. The number of aromatic carboxylic acids is 1. The van der Waals surface area contributed by atoms with Crippen LogP contribution in [0.15, 0.2) is 41.2 Å². The van der Waals surface area contributed by atoms with Gasteiger partial charge >= 0.3 is 5.97 Å². The van der Waals surface area contributed by atoms with Crippen molar-refractivity contribution in [3.05, 3.63) is 51.8 Å². The summed E-state index contributed by atoms with van der Waals surface area (Å²) < 4.78 is 0. The number of carbonyl (C=O) groups is 3. The molecule has 0 unspecified atom stereocenters. The lowest BCUT2D eigenvalue weighted by molar-refractivity contribution is -0.123. The second-order valence-electron chi connectivity index (χ2n) is 8.57. The van der Waals surface area contributed by atoms with E-state index in [1.54, 1.807) is 34.0 Å². The van der Waals surface area contributed by atoms with E-state index in [1.807, 2.05) is 19.1 Å². The predicted molar refractivity (Wildman–Crippen MR) is 136 cm³/mol. The van der Waals surface area contributed by atoms with E-state index >= 15 is 0 Å². The van der Waals surface area contributed by atoms with Crippen LogP contribution in [0.3, 0.4) is 0 Å². The van der Waals surface area contributed by atoms with Crippen molar-refractivity contribution in [2.24, 2.45) is 11.8 Å². The van der Waals surface area contributed by atoms with E-state index in [9.17, 15) is 19.5 Å². The van der Waals surface area contributed by atoms with Crippen LogP contribution in [0, 0.1) is 11.8 Å². The number of amides is 2. The van der Waals surface area contributed by atoms with Crippen LogP contribution in [-0.4, -0.2) is 34.4 Å². The number of thiophene rings is 1. The van der Waals surface area contributed by atoms with Gasteiger partial charge in [0.05, 0.1) is 11.2 Å². The highest BCUT2D eigenvalue weighted by Crippen LogP contribution is 2.39. The fourth-order valence-corrected chi connectivity index (χ4v) is 5.82. The van der Waals surface area contributed by atoms with Crippen LogP contribution < -0.4 is 10.2 Å². The van der Waals surface area contributed by atoms with Gasteiger partial charge in [0.15, 0.2) is 0 Å². The summed E-state index contributed by atoms with van der Waals surface area (Å²) in [5.41, 5.74) is 3.86. The Balaban J connectivity index is 1.56. The Hall–Kier alpha value is -3.04. The third kappa shape index (κ3) is 5.20. The molecule has 0 saturated heterocycles. The molecule has 1 aliphatic carbocycles. The maximum absolute atomic E-state index is 13.3. The molecule has 2 aromatic heterocycles. The number of carboxylic acids is 1. The number of nitrogens with zero attached hydrogens (tertiary/aromatic N) is 2. The maximum atomic E-state index is 13.3. The number of aromatic nitrogens is 1. The van der Waals surface area contributed by atoms with Crippen molar-refractivity contribution in [3.63, 3.8) is 0 Å². The molecule has 9 heteroatoms. The number of carboxylic acid groups (broad SMARTS) is 1. The molecule has 34 heavy (non-hydrogen) atoms. The molecule has 0 aliphatic heterocycles. The third-order valence-electron chi connectivity index (χ3n) is 6.24. The minimum atomic E-state index is -1.04. The second-order valence-corrected chi connectivity index (χ2v) is 10.3. The minimum absolute atomic E-state index is 0.0151. The van der Waals surface area contributed by atoms with Gasteiger partial charge in [0.1, 0.15) is 10.6 Å². The molecule has 1 aromatic carbocycles. The summed E-state index contributed by atoms with van der Waals surface area (Å²) in [4.78, 5) is 44.1. The topological polar surface area (TPSA) is 99.6 Å². The summed E-state index contributed by atoms with van der Waals surface area (Å²) in [5.74, 6) is -0.726. The zero-order valence-corrected chi connectivity index (χ0v) is 20.7. The molecular weight excluding hydrogens is 470 g/mol. The lowest BCUT2D eigenvalue weighted by Crippen LogP contribution is -2.38. The summed E-state index contributed by atoms with van der Waals surface area (Å²) in [7, 11) is 0. The summed E-state index contributed by atoms with van der Waals surface area (Å²) in [5, 5.41) is 14.3. The summed E-state index contributed by atoms with van der Waals surface area (Å²) in [6.07, 6.45) is 3.76. The Morgan fingerprint density at radius 1 is 1.15 bits per heavy atom. The van der Waals surface area contributed by atoms with Crippen LogP contribution >= 0.6 is 22.7 Å². The summed E-state index contributed by atoms with van der Waals surface area (Å²) in [6.45, 7) is 4.51. The molecule has 1 aliphatic rings. The van der Waals surface area contributed by atoms with Crippen LogP contribution in [0.2, 0.25) is 0 Å². The zero-order valence-electron chi connectivity index (χ0n) is 19.1. The van der Waals surface area contributed by atoms with Gasteiger partial charge in [0.25, 0.3) is 5.91 Å². The first-order chi connectivity index (χ1) is 16.4. The van der Waals surface area contributed by atoms with Crippen LogP contribution in [0.25, 0.3) is 10.4 Å². The van der Waals surface area contributed by atoms with Crippen molar-refractivity contribution in [2.75, 3.05) is 16.8 Å². The number of rotatable bonds is 7. The van der Waals surface area contributed by atoms with Crippen molar-refractivity contribution in [1.82, 2.24) is 4.98 Å². The van der Waals surface area contributed by atoms with Crippen LogP contribution in [-0.2, 0) is 4.79 Å². The number of nitrogens with one attached hydrogen (secondary N) is 1. The van der Waals surface area contributed by atoms with Gasteiger partial charge in [0.2, 0.25) is 5.91 Å². The van der Waals surface area contributed by atoms with Crippen molar-refractivity contribution in [2.45, 2.75) is 39.5 Å². The van der Waals surface area contributed by atoms with Gasteiger partial charge in [-0.1, -0.05) is 19.1 Å². The minimum Gasteiger partial charge on any atom is -0.477 e. The number of anilines is 2. The molecule has 0 bridgehead atoms. The molecule has 7 nitrogen and oxygen atoms in total. The van der Waals surface area contributed by atoms with E-state index in [2.05, 4.69) is 17.2 Å². The number of carbonyl (C=O) groups excluding carboxylic acids is 2. The third-order valence-corrected chi connectivity index (χ3v) is 7.98. The first-order valence-electron chi connectivity index (χ1n) is 11.4. The highest BCUT2D eigenvalue weighted by molar-refractivity contribution is 7.18. The van der Waals surface area contributed by atoms with E-state index in [1.165, 1.54) is 11.3 Å². The SMILES string of the molecule is CCN(C(=O)C1CCC(C)CC1)c1cc(-c2ccc(NC(=O)c3cscn3)cc2)sc1C(=O)O. The average Bonchev–Trinajstić information content (AvgIpc) is 3.51. The Labute approximate surface area is 206 Å². The van der Waals surface area contributed by atoms with Crippen molar-refractivity contribution >= 4 is 51.8 Å². The molecule has 0 atom stereocenters. The summed E-state index contributed by atoms with van der Waals surface area (Å²) >= 11 is 2.51. The Bertz CT molecular complexity index is 1160. The van der Waals surface area contributed by atoms with E-state index in [4.69, 9.17) is 0 Å². The Morgan fingerprint density at radius 3 is 2.44 bits per heavy atom. The van der Waals surface area contributed by atoms with Gasteiger partial charge < -0.3 is 15.3 Å². The van der Waals surface area contributed by atoms with Gasteiger partial charge in [-0.3, -0.25) is 9.59 Å². The first-order valence-corrected chi connectivity index (χ1v) is 13.1. The van der Waals surface area contributed by atoms with Gasteiger partial charge in [-0.05, 0) is 62.3 Å². The van der Waals surface area contributed by atoms with E-state index in [0.29, 0.717) is 29.5 Å². The Kier molecular flexibility index (Phi) is 7.43. The molecule has 1 fully saturated rings. The number of benzene rings is 1. The molecule has 4 rings (SSSR count). The highest BCUT2D eigenvalue weighted by Gasteiger charge is 2.31. The zero-order chi connectivity index (χ0) is 24.2. The normalized spacial score (nSPS) is 17.8. The van der Waals surface area contributed by atoms with Crippen LogP contribution in [0.4, 0.5) is 11.4 Å². The molecular formula is C25H27N3O4S2. The largest absolute Gasteiger partial charge is 0.477 e. The molecule has 2 amide bonds. The standard InChI is InChI=1S/C25H27N3O4S2/c1-3-28(24(30)17-6-4-15(2)5-7-17)20-12-21(34-22(20)25(31)32)16-8-10-18(11-9-16)27-23(29)19-13-33-14-26-19/h8-15,17H,3-7H2,1-2H3,(H,27,29)(H,31,32). The number of hydrogen-bond donors (Lipinski definition) is 2. The van der Waals surface area contributed by atoms with Gasteiger partial charge in [-0.2, -0.15) is 0 Å². The highest BCUT2D eigenvalue weighted by atomic mass is 32.1. The van der Waals surface area contributed by atoms with Gasteiger partial charge in [0, 0.05) is 28.4 Å². The fourth-order valence-electron chi connectivity index (χ4n) is 4.29. The smallest absolute Gasteiger partial charge is 0.348 e. The molecule has 2 heterocycles. The first kappa shape index (κ1) is 24.1. The van der Waals surface area contributed by atoms with E-state index < -0.39 is 5.97 Å². The predicted octanol–water partition coefficient (Wildman–Crippen LogP) is 6.00. The average molecular weight is 498 g/mol. The molecule has 0 spiro atoms. The van der Waals surface area contributed by atoms with Crippen molar-refractivity contribution in [1.29, 1.82) is 0 Å². The van der Waals surface area contributed by atoms with Crippen molar-refractivity contribution < 1.29 is 19.5 Å². The van der Waals surface area contributed by atoms with E-state index in [-0.39, 0.29) is 22.6 Å².